The highest BCUT2D eigenvalue weighted by molar-refractivity contribution is 5.80. The second kappa shape index (κ2) is 2.91. The van der Waals surface area contributed by atoms with Crippen LogP contribution in [0, 0.1) is 18.3 Å². The summed E-state index contributed by atoms with van der Waals surface area (Å²) in [5.41, 5.74) is 2.87. The molecular weight excluding hydrogens is 162 g/mol. The molecule has 0 atom stereocenters. The Kier molecular flexibility index (Phi) is 1.75. The fourth-order valence-corrected chi connectivity index (χ4v) is 1.39. The number of aromatic amines is 1. The number of aryl methyl sites for hydroxylation is 1. The zero-order valence-electron chi connectivity index (χ0n) is 7.33. The average Bonchev–Trinajstić information content (AvgIpc) is 2.49. The van der Waals surface area contributed by atoms with Crippen LogP contribution in [0.5, 0.6) is 0 Å². The van der Waals surface area contributed by atoms with Gasteiger partial charge in [0.2, 0.25) is 0 Å². The highest BCUT2D eigenvalue weighted by Crippen LogP contribution is 2.16. The summed E-state index contributed by atoms with van der Waals surface area (Å²) in [6.07, 6.45) is 2.28. The number of fused-ring (bicyclic) bond motifs is 1. The topological polar surface area (TPSA) is 52.5 Å². The lowest BCUT2D eigenvalue weighted by Gasteiger charge is -1.93. The van der Waals surface area contributed by atoms with E-state index in [2.05, 4.69) is 16.0 Å². The van der Waals surface area contributed by atoms with Gasteiger partial charge in [0.1, 0.15) is 5.65 Å². The van der Waals surface area contributed by atoms with Gasteiger partial charge in [0.05, 0.1) is 12.5 Å². The predicted octanol–water partition coefficient (Wildman–Crippen LogP) is 1.94. The van der Waals surface area contributed by atoms with E-state index >= 15 is 0 Å². The van der Waals surface area contributed by atoms with Crippen molar-refractivity contribution in [3.63, 3.8) is 0 Å². The largest absolute Gasteiger partial charge is 0.346 e. The smallest absolute Gasteiger partial charge is 0.137 e. The molecule has 2 heterocycles. The van der Waals surface area contributed by atoms with Gasteiger partial charge in [0.15, 0.2) is 0 Å². The Hall–Kier alpha value is -1.82. The van der Waals surface area contributed by atoms with Crippen molar-refractivity contribution in [2.24, 2.45) is 0 Å². The summed E-state index contributed by atoms with van der Waals surface area (Å²) in [5.74, 6) is 0. The van der Waals surface area contributed by atoms with Gasteiger partial charge >= 0.3 is 0 Å². The fraction of sp³-hybridized carbons (Fsp3) is 0.200. The molecule has 0 saturated heterocycles. The molecule has 0 aromatic carbocycles. The van der Waals surface area contributed by atoms with Crippen molar-refractivity contribution in [1.29, 1.82) is 5.26 Å². The zero-order chi connectivity index (χ0) is 9.26. The Bertz CT molecular complexity index is 476. The maximum atomic E-state index is 8.57. The number of hydrogen-bond donors (Lipinski definition) is 1. The Labute approximate surface area is 76.0 Å². The molecule has 0 radical (unpaired) electrons. The average molecular weight is 171 g/mol. The number of rotatable bonds is 1. The molecular formula is C10H9N3. The van der Waals surface area contributed by atoms with Gasteiger partial charge in [-0.2, -0.15) is 5.26 Å². The molecule has 2 aromatic rings. The Morgan fingerprint density at radius 2 is 2.38 bits per heavy atom. The Morgan fingerprint density at radius 1 is 1.54 bits per heavy atom. The van der Waals surface area contributed by atoms with Gasteiger partial charge in [0.25, 0.3) is 0 Å². The summed E-state index contributed by atoms with van der Waals surface area (Å²) < 4.78 is 0. The minimum absolute atomic E-state index is 0.435. The SMILES string of the molecule is Cc1ccc2c(CC#N)c[nH]c2n1. The molecule has 0 amide bonds. The predicted molar refractivity (Wildman–Crippen MR) is 50.1 cm³/mol. The quantitative estimate of drug-likeness (QED) is 0.712. The third-order valence-corrected chi connectivity index (χ3v) is 2.03. The van der Waals surface area contributed by atoms with Gasteiger partial charge in [-0.15, -0.1) is 0 Å². The van der Waals surface area contributed by atoms with E-state index in [1.54, 1.807) is 0 Å². The number of nitrogens with zero attached hydrogens (tertiary/aromatic N) is 2. The monoisotopic (exact) mass is 171 g/mol. The van der Waals surface area contributed by atoms with Gasteiger partial charge in [-0.1, -0.05) is 0 Å². The summed E-state index contributed by atoms with van der Waals surface area (Å²) >= 11 is 0. The van der Waals surface area contributed by atoms with Crippen LogP contribution in [-0.2, 0) is 6.42 Å². The number of hydrogen-bond acceptors (Lipinski definition) is 2. The first-order valence-corrected chi connectivity index (χ1v) is 4.12. The third kappa shape index (κ3) is 1.27. The second-order valence-electron chi connectivity index (χ2n) is 3.00. The molecule has 0 aliphatic heterocycles. The van der Waals surface area contributed by atoms with Crippen molar-refractivity contribution in [3.8, 4) is 6.07 Å². The number of nitrogens with one attached hydrogen (secondary N) is 1. The molecule has 0 spiro atoms. The maximum absolute atomic E-state index is 8.57. The van der Waals surface area contributed by atoms with E-state index in [0.717, 1.165) is 22.3 Å². The van der Waals surface area contributed by atoms with Crippen LogP contribution in [0.3, 0.4) is 0 Å². The summed E-state index contributed by atoms with van der Waals surface area (Å²) in [6, 6.07) is 6.09. The molecule has 3 nitrogen and oxygen atoms in total. The van der Waals surface area contributed by atoms with E-state index in [1.165, 1.54) is 0 Å². The van der Waals surface area contributed by atoms with Gasteiger partial charge < -0.3 is 4.98 Å². The summed E-state index contributed by atoms with van der Waals surface area (Å²) in [6.45, 7) is 1.95. The van der Waals surface area contributed by atoms with Crippen LogP contribution in [0.4, 0.5) is 0 Å². The summed E-state index contributed by atoms with van der Waals surface area (Å²) in [7, 11) is 0. The third-order valence-electron chi connectivity index (χ3n) is 2.03. The van der Waals surface area contributed by atoms with E-state index in [-0.39, 0.29) is 0 Å². The van der Waals surface area contributed by atoms with Crippen molar-refractivity contribution in [2.75, 3.05) is 0 Å². The number of nitriles is 1. The molecule has 13 heavy (non-hydrogen) atoms. The Morgan fingerprint density at radius 3 is 3.15 bits per heavy atom. The molecule has 2 aromatic heterocycles. The molecule has 0 bridgehead atoms. The highest BCUT2D eigenvalue weighted by Gasteiger charge is 2.03. The van der Waals surface area contributed by atoms with E-state index in [1.807, 2.05) is 25.3 Å². The lowest BCUT2D eigenvalue weighted by Crippen LogP contribution is -1.82. The molecule has 0 saturated carbocycles. The van der Waals surface area contributed by atoms with Gasteiger partial charge in [-0.25, -0.2) is 4.98 Å². The van der Waals surface area contributed by atoms with Crippen molar-refractivity contribution in [1.82, 2.24) is 9.97 Å². The molecule has 2 rings (SSSR count). The molecule has 0 fully saturated rings. The number of H-pyrrole nitrogens is 1. The van der Waals surface area contributed by atoms with Gasteiger partial charge in [0, 0.05) is 17.3 Å². The van der Waals surface area contributed by atoms with Crippen LogP contribution in [0.1, 0.15) is 11.3 Å². The normalized spacial score (nSPS) is 10.2. The first kappa shape index (κ1) is 7.81. The van der Waals surface area contributed by atoms with E-state index in [0.29, 0.717) is 6.42 Å². The fourth-order valence-electron chi connectivity index (χ4n) is 1.39. The Balaban J connectivity index is 2.63. The van der Waals surface area contributed by atoms with Crippen LogP contribution in [0.25, 0.3) is 11.0 Å². The lowest BCUT2D eigenvalue weighted by molar-refractivity contribution is 1.22. The number of aromatic nitrogens is 2. The van der Waals surface area contributed by atoms with Gasteiger partial charge in [-0.3, -0.25) is 0 Å². The van der Waals surface area contributed by atoms with E-state index < -0.39 is 0 Å². The van der Waals surface area contributed by atoms with Gasteiger partial charge in [-0.05, 0) is 24.6 Å². The van der Waals surface area contributed by atoms with Crippen molar-refractivity contribution >= 4 is 11.0 Å². The molecule has 0 aliphatic carbocycles. The highest BCUT2D eigenvalue weighted by atomic mass is 14.8. The second-order valence-corrected chi connectivity index (χ2v) is 3.00. The minimum atomic E-state index is 0.435. The first-order valence-electron chi connectivity index (χ1n) is 4.12. The summed E-state index contributed by atoms with van der Waals surface area (Å²) in [4.78, 5) is 7.37. The van der Waals surface area contributed by atoms with Crippen LogP contribution >= 0.6 is 0 Å². The van der Waals surface area contributed by atoms with Crippen molar-refractivity contribution in [2.45, 2.75) is 13.3 Å². The molecule has 0 aliphatic rings. The molecule has 0 unspecified atom stereocenters. The minimum Gasteiger partial charge on any atom is -0.346 e. The van der Waals surface area contributed by atoms with Crippen LogP contribution in [0.2, 0.25) is 0 Å². The van der Waals surface area contributed by atoms with Crippen molar-refractivity contribution < 1.29 is 0 Å². The molecule has 1 N–H and O–H groups in total. The lowest BCUT2D eigenvalue weighted by atomic mass is 10.2. The zero-order valence-corrected chi connectivity index (χ0v) is 7.33. The van der Waals surface area contributed by atoms with E-state index in [9.17, 15) is 0 Å². The maximum Gasteiger partial charge on any atom is 0.137 e. The van der Waals surface area contributed by atoms with Crippen LogP contribution in [0.15, 0.2) is 18.3 Å². The van der Waals surface area contributed by atoms with Crippen LogP contribution < -0.4 is 0 Å². The van der Waals surface area contributed by atoms with E-state index in [4.69, 9.17) is 5.26 Å². The molecule has 64 valence electrons. The summed E-state index contributed by atoms with van der Waals surface area (Å²) in [5, 5.41) is 9.62. The van der Waals surface area contributed by atoms with Crippen LogP contribution in [-0.4, -0.2) is 9.97 Å². The first-order chi connectivity index (χ1) is 6.31. The standard InChI is InChI=1S/C10H9N3/c1-7-2-3-9-8(4-5-11)6-12-10(9)13-7/h2-3,6H,4H2,1H3,(H,12,13). The van der Waals surface area contributed by atoms with Crippen molar-refractivity contribution in [3.05, 3.63) is 29.6 Å². The number of pyridine rings is 1. The molecule has 3 heteroatoms.